The van der Waals surface area contributed by atoms with Crippen LogP contribution in [0.1, 0.15) is 24.0 Å². The Hall–Kier alpha value is -1.44. The van der Waals surface area contributed by atoms with Crippen molar-refractivity contribution in [3.63, 3.8) is 0 Å². The normalized spacial score (nSPS) is 11.2. The number of thiophene rings is 1. The minimum absolute atomic E-state index is 0.00333. The van der Waals surface area contributed by atoms with Gasteiger partial charge in [-0.05, 0) is 24.3 Å². The lowest BCUT2D eigenvalue weighted by Crippen LogP contribution is -2.22. The number of hydrogen-bond donors (Lipinski definition) is 0. The maximum Gasteiger partial charge on any atom is 0.263 e. The van der Waals surface area contributed by atoms with Crippen LogP contribution in [-0.2, 0) is 18.7 Å². The molecule has 0 aliphatic heterocycles. The number of allylic oxidation sites excluding steroid dienone is 1. The van der Waals surface area contributed by atoms with E-state index in [1.54, 1.807) is 33.7 Å². The Morgan fingerprint density at radius 3 is 3.04 bits per heavy atom. The molecule has 4 nitrogen and oxygen atoms in total. The van der Waals surface area contributed by atoms with Gasteiger partial charge in [-0.15, -0.1) is 29.3 Å². The van der Waals surface area contributed by atoms with Gasteiger partial charge in [0.15, 0.2) is 5.16 Å². The lowest BCUT2D eigenvalue weighted by Gasteiger charge is -2.09. The average Bonchev–Trinajstić information content (AvgIpc) is 3.18. The molecule has 0 spiro atoms. The molecule has 0 aliphatic rings. The minimum Gasteiger partial charge on any atom is -0.283 e. The molecule has 0 radical (unpaired) electrons. The minimum atomic E-state index is 0.00333. The first kappa shape index (κ1) is 16.4. The van der Waals surface area contributed by atoms with Gasteiger partial charge in [0.2, 0.25) is 0 Å². The van der Waals surface area contributed by atoms with Gasteiger partial charge in [0.25, 0.3) is 5.56 Å². The lowest BCUT2D eigenvalue weighted by molar-refractivity contribution is 0.672. The molecule has 0 amide bonds. The highest BCUT2D eigenvalue weighted by atomic mass is 32.2. The molecule has 3 aromatic rings. The van der Waals surface area contributed by atoms with Crippen molar-refractivity contribution in [2.75, 3.05) is 0 Å². The zero-order valence-corrected chi connectivity index (χ0v) is 15.3. The highest BCUT2D eigenvalue weighted by molar-refractivity contribution is 7.98. The Balaban J connectivity index is 1.87. The van der Waals surface area contributed by atoms with Gasteiger partial charge in [-0.3, -0.25) is 9.36 Å². The summed E-state index contributed by atoms with van der Waals surface area (Å²) in [6.45, 7) is 6.37. The third-order valence-electron chi connectivity index (χ3n) is 3.27. The number of fused-ring (bicyclic) bond motifs is 1. The van der Waals surface area contributed by atoms with Crippen molar-refractivity contribution in [1.29, 1.82) is 0 Å². The van der Waals surface area contributed by atoms with E-state index in [1.165, 1.54) is 16.3 Å². The van der Waals surface area contributed by atoms with Crippen LogP contribution in [0.3, 0.4) is 0 Å². The first-order valence-corrected chi connectivity index (χ1v) is 10.1. The van der Waals surface area contributed by atoms with Gasteiger partial charge in [-0.2, -0.15) is 0 Å². The maximum atomic E-state index is 12.6. The van der Waals surface area contributed by atoms with Crippen molar-refractivity contribution in [2.24, 2.45) is 0 Å². The van der Waals surface area contributed by atoms with Crippen LogP contribution >= 0.6 is 34.4 Å². The number of aryl methyl sites for hydroxylation is 1. The van der Waals surface area contributed by atoms with Crippen molar-refractivity contribution >= 4 is 44.7 Å². The summed E-state index contributed by atoms with van der Waals surface area (Å²) in [5, 5.41) is 6.59. The molecular weight excluding hydrogens is 346 g/mol. The Kier molecular flexibility index (Phi) is 5.30. The fourth-order valence-corrected chi connectivity index (χ4v) is 4.92. The monoisotopic (exact) mass is 363 g/mol. The van der Waals surface area contributed by atoms with Crippen LogP contribution in [0.15, 0.2) is 39.4 Å². The standard InChI is InChI=1S/C16H17N3OS3/c1-3-5-13-17-11(9-22-13)10-23-16-18-14-12(6-8-21-14)15(20)19(16)7-4-2/h4,6,8-9H,2-3,5,7,10H2,1H3. The Labute approximate surface area is 146 Å². The molecule has 0 aliphatic carbocycles. The summed E-state index contributed by atoms with van der Waals surface area (Å²) in [5.74, 6) is 0.723. The van der Waals surface area contributed by atoms with Crippen molar-refractivity contribution in [1.82, 2.24) is 14.5 Å². The highest BCUT2D eigenvalue weighted by Gasteiger charge is 2.12. The zero-order chi connectivity index (χ0) is 16.2. The Morgan fingerprint density at radius 1 is 1.39 bits per heavy atom. The summed E-state index contributed by atoms with van der Waals surface area (Å²) in [7, 11) is 0. The van der Waals surface area contributed by atoms with Crippen LogP contribution in [0.2, 0.25) is 0 Å². The summed E-state index contributed by atoms with van der Waals surface area (Å²) in [6, 6.07) is 1.83. The van der Waals surface area contributed by atoms with Gasteiger partial charge in [0.05, 0.1) is 16.1 Å². The van der Waals surface area contributed by atoms with E-state index in [1.807, 2.05) is 11.4 Å². The Bertz CT molecular complexity index is 878. The summed E-state index contributed by atoms with van der Waals surface area (Å²) in [6.07, 6.45) is 3.86. The molecule has 0 N–H and O–H groups in total. The fraction of sp³-hybridized carbons (Fsp3) is 0.312. The Morgan fingerprint density at radius 2 is 2.26 bits per heavy atom. The highest BCUT2D eigenvalue weighted by Crippen LogP contribution is 2.25. The molecule has 3 rings (SSSR count). The fourth-order valence-electron chi connectivity index (χ4n) is 2.21. The predicted octanol–water partition coefficient (Wildman–Crippen LogP) is 4.35. The lowest BCUT2D eigenvalue weighted by atomic mass is 10.3. The molecule has 120 valence electrons. The van der Waals surface area contributed by atoms with E-state index in [9.17, 15) is 4.79 Å². The molecule has 0 aromatic carbocycles. The summed E-state index contributed by atoms with van der Waals surface area (Å²) in [4.78, 5) is 22.6. The second-order valence-corrected chi connectivity index (χ2v) is 7.79. The zero-order valence-electron chi connectivity index (χ0n) is 12.8. The van der Waals surface area contributed by atoms with Gasteiger partial charge in [0.1, 0.15) is 4.83 Å². The smallest absolute Gasteiger partial charge is 0.263 e. The summed E-state index contributed by atoms with van der Waals surface area (Å²) in [5.41, 5.74) is 1.05. The molecule has 0 atom stereocenters. The molecule has 0 unspecified atom stereocenters. The predicted molar refractivity (Wildman–Crippen MR) is 99.7 cm³/mol. The number of thioether (sulfide) groups is 1. The second-order valence-electron chi connectivity index (χ2n) is 5.01. The summed E-state index contributed by atoms with van der Waals surface area (Å²) >= 11 is 4.76. The van der Waals surface area contributed by atoms with E-state index in [-0.39, 0.29) is 5.56 Å². The molecule has 0 saturated heterocycles. The number of nitrogens with zero attached hydrogens (tertiary/aromatic N) is 3. The quantitative estimate of drug-likeness (QED) is 0.356. The van der Waals surface area contributed by atoms with Crippen LogP contribution in [0.4, 0.5) is 0 Å². The van der Waals surface area contributed by atoms with Crippen LogP contribution in [-0.4, -0.2) is 14.5 Å². The maximum absolute atomic E-state index is 12.6. The van der Waals surface area contributed by atoms with E-state index < -0.39 is 0 Å². The van der Waals surface area contributed by atoms with Crippen molar-refractivity contribution < 1.29 is 0 Å². The molecule has 3 aromatic heterocycles. The van der Waals surface area contributed by atoms with E-state index >= 15 is 0 Å². The third-order valence-corrected chi connectivity index (χ3v) is 6.05. The van der Waals surface area contributed by atoms with Crippen molar-refractivity contribution in [2.45, 2.75) is 37.2 Å². The largest absolute Gasteiger partial charge is 0.283 e. The van der Waals surface area contributed by atoms with Crippen molar-refractivity contribution in [3.05, 3.63) is 50.5 Å². The number of rotatable bonds is 7. The molecule has 3 heterocycles. The van der Waals surface area contributed by atoms with E-state index in [0.29, 0.717) is 11.9 Å². The van der Waals surface area contributed by atoms with Gasteiger partial charge >= 0.3 is 0 Å². The molecule has 0 saturated carbocycles. The van der Waals surface area contributed by atoms with Crippen molar-refractivity contribution in [3.8, 4) is 0 Å². The van der Waals surface area contributed by atoms with Crippen LogP contribution in [0.25, 0.3) is 10.2 Å². The summed E-state index contributed by atoms with van der Waals surface area (Å²) < 4.78 is 1.69. The molecule has 0 bridgehead atoms. The van der Waals surface area contributed by atoms with Gasteiger partial charge in [0, 0.05) is 17.7 Å². The van der Waals surface area contributed by atoms with E-state index in [2.05, 4.69) is 28.9 Å². The molecular formula is C16H17N3OS3. The van der Waals surface area contributed by atoms with Gasteiger partial charge in [-0.25, -0.2) is 9.97 Å². The van der Waals surface area contributed by atoms with Crippen LogP contribution < -0.4 is 5.56 Å². The topological polar surface area (TPSA) is 47.8 Å². The van der Waals surface area contributed by atoms with E-state index in [0.717, 1.165) is 34.3 Å². The van der Waals surface area contributed by atoms with Crippen LogP contribution in [0, 0.1) is 0 Å². The first-order chi connectivity index (χ1) is 11.2. The van der Waals surface area contributed by atoms with Gasteiger partial charge < -0.3 is 0 Å². The molecule has 23 heavy (non-hydrogen) atoms. The SMILES string of the molecule is C=CCn1c(SCc2csc(CCC)n2)nc2sccc2c1=O. The average molecular weight is 364 g/mol. The molecule has 0 fully saturated rings. The molecule has 7 heteroatoms. The van der Waals surface area contributed by atoms with Gasteiger partial charge in [-0.1, -0.05) is 24.8 Å². The number of hydrogen-bond acceptors (Lipinski definition) is 6. The third kappa shape index (κ3) is 3.57. The van der Waals surface area contributed by atoms with E-state index in [4.69, 9.17) is 0 Å². The van der Waals surface area contributed by atoms with Crippen LogP contribution in [0.5, 0.6) is 0 Å². The second kappa shape index (κ2) is 7.42. The number of aromatic nitrogens is 3. The first-order valence-electron chi connectivity index (χ1n) is 7.38. The number of thiazole rings is 1.